The van der Waals surface area contributed by atoms with Gasteiger partial charge >= 0.3 is 0 Å². The zero-order valence-corrected chi connectivity index (χ0v) is 12.4. The number of hydrogen-bond donors (Lipinski definition) is 0. The molecular formula is C17H27O2. The quantitative estimate of drug-likeness (QED) is 0.564. The predicted molar refractivity (Wildman–Crippen MR) is 80.9 cm³/mol. The van der Waals surface area contributed by atoms with E-state index in [4.69, 9.17) is 9.47 Å². The molecule has 1 aromatic carbocycles. The minimum Gasteiger partial charge on any atom is -0.493 e. The highest BCUT2D eigenvalue weighted by Crippen LogP contribution is 2.30. The summed E-state index contributed by atoms with van der Waals surface area (Å²) >= 11 is 0. The molecule has 0 aliphatic carbocycles. The molecule has 19 heavy (non-hydrogen) atoms. The average Bonchev–Trinajstić information content (AvgIpc) is 2.42. The largest absolute Gasteiger partial charge is 0.493 e. The molecule has 0 fully saturated rings. The highest BCUT2D eigenvalue weighted by Gasteiger charge is 2.10. The lowest BCUT2D eigenvalue weighted by atomic mass is 10.1. The first-order valence-corrected chi connectivity index (χ1v) is 7.50. The lowest BCUT2D eigenvalue weighted by molar-refractivity contribution is 0.288. The molecule has 0 N–H and O–H groups in total. The van der Waals surface area contributed by atoms with Crippen LogP contribution in [0.2, 0.25) is 0 Å². The maximum atomic E-state index is 5.87. The summed E-state index contributed by atoms with van der Waals surface area (Å²) < 4.78 is 11.7. The zero-order chi connectivity index (χ0) is 13.9. The van der Waals surface area contributed by atoms with E-state index in [1.807, 2.05) is 18.2 Å². The molecule has 0 saturated heterocycles. The van der Waals surface area contributed by atoms with E-state index in [9.17, 15) is 0 Å². The standard InChI is InChI=1S/C17H27O2/c1-4-7-13-18-16-11-9-12-17(15(16)10-6-3)19-14-8-5-2/h9,11-12H,3-8,10,13-14H2,1-2H3. The van der Waals surface area contributed by atoms with E-state index in [0.717, 1.165) is 63.2 Å². The van der Waals surface area contributed by atoms with Gasteiger partial charge in [-0.2, -0.15) is 0 Å². The smallest absolute Gasteiger partial charge is 0.126 e. The molecule has 0 amide bonds. The van der Waals surface area contributed by atoms with Crippen molar-refractivity contribution < 1.29 is 9.47 Å². The highest BCUT2D eigenvalue weighted by atomic mass is 16.5. The number of unbranched alkanes of at least 4 members (excludes halogenated alkanes) is 2. The molecule has 0 atom stereocenters. The van der Waals surface area contributed by atoms with Gasteiger partial charge in [0.2, 0.25) is 0 Å². The molecule has 0 saturated carbocycles. The summed E-state index contributed by atoms with van der Waals surface area (Å²) in [6, 6.07) is 6.08. The maximum Gasteiger partial charge on any atom is 0.126 e. The third-order valence-electron chi connectivity index (χ3n) is 3.03. The third kappa shape index (κ3) is 5.54. The Morgan fingerprint density at radius 3 is 1.89 bits per heavy atom. The molecule has 1 aromatic rings. The van der Waals surface area contributed by atoms with Crippen LogP contribution in [0.5, 0.6) is 11.5 Å². The molecule has 0 aromatic heterocycles. The summed E-state index contributed by atoms with van der Waals surface area (Å²) in [4.78, 5) is 0. The topological polar surface area (TPSA) is 18.5 Å². The van der Waals surface area contributed by atoms with Crippen molar-refractivity contribution in [2.75, 3.05) is 13.2 Å². The van der Waals surface area contributed by atoms with Gasteiger partial charge in [-0.3, -0.25) is 0 Å². The summed E-state index contributed by atoms with van der Waals surface area (Å²) in [7, 11) is 0. The van der Waals surface area contributed by atoms with Crippen molar-refractivity contribution in [2.24, 2.45) is 0 Å². The van der Waals surface area contributed by atoms with E-state index in [0.29, 0.717) is 0 Å². The maximum absolute atomic E-state index is 5.87. The lowest BCUT2D eigenvalue weighted by Crippen LogP contribution is -2.04. The molecular weight excluding hydrogens is 236 g/mol. The van der Waals surface area contributed by atoms with Crippen LogP contribution in [0.4, 0.5) is 0 Å². The molecule has 107 valence electrons. The number of hydrogen-bond acceptors (Lipinski definition) is 2. The molecule has 1 rings (SSSR count). The van der Waals surface area contributed by atoms with Crippen LogP contribution in [0.15, 0.2) is 18.2 Å². The van der Waals surface area contributed by atoms with Crippen molar-refractivity contribution in [3.05, 3.63) is 30.7 Å². The molecule has 0 unspecified atom stereocenters. The molecule has 0 aliphatic heterocycles. The molecule has 2 heteroatoms. The van der Waals surface area contributed by atoms with Crippen molar-refractivity contribution in [3.63, 3.8) is 0 Å². The Balaban J connectivity index is 2.74. The van der Waals surface area contributed by atoms with Gasteiger partial charge in [-0.15, -0.1) is 0 Å². The van der Waals surface area contributed by atoms with E-state index in [-0.39, 0.29) is 0 Å². The van der Waals surface area contributed by atoms with Crippen LogP contribution in [-0.2, 0) is 6.42 Å². The third-order valence-corrected chi connectivity index (χ3v) is 3.03. The SMILES string of the molecule is [CH2]CCc1c(OCCCC)cccc1OCCCC. The van der Waals surface area contributed by atoms with Gasteiger partial charge in [-0.25, -0.2) is 0 Å². The highest BCUT2D eigenvalue weighted by molar-refractivity contribution is 5.45. The van der Waals surface area contributed by atoms with Crippen LogP contribution < -0.4 is 9.47 Å². The van der Waals surface area contributed by atoms with E-state index in [2.05, 4.69) is 20.8 Å². The first-order valence-electron chi connectivity index (χ1n) is 7.50. The van der Waals surface area contributed by atoms with Crippen LogP contribution in [0.25, 0.3) is 0 Å². The minimum absolute atomic E-state index is 0.777. The van der Waals surface area contributed by atoms with Gasteiger partial charge in [-0.1, -0.05) is 39.7 Å². The Morgan fingerprint density at radius 2 is 1.47 bits per heavy atom. The Labute approximate surface area is 118 Å². The number of rotatable bonds is 10. The van der Waals surface area contributed by atoms with Gasteiger partial charge in [0.1, 0.15) is 11.5 Å². The lowest BCUT2D eigenvalue weighted by Gasteiger charge is -2.15. The van der Waals surface area contributed by atoms with E-state index in [1.165, 1.54) is 5.56 Å². The van der Waals surface area contributed by atoms with Crippen molar-refractivity contribution in [2.45, 2.75) is 52.4 Å². The number of benzene rings is 1. The van der Waals surface area contributed by atoms with Gasteiger partial charge in [0, 0.05) is 5.56 Å². The fourth-order valence-electron chi connectivity index (χ4n) is 1.89. The summed E-state index contributed by atoms with van der Waals surface area (Å²) in [6.45, 7) is 9.84. The van der Waals surface area contributed by atoms with Gasteiger partial charge < -0.3 is 9.47 Å². The molecule has 2 nitrogen and oxygen atoms in total. The average molecular weight is 263 g/mol. The first kappa shape index (κ1) is 15.9. The summed E-state index contributed by atoms with van der Waals surface area (Å²) in [5.74, 6) is 1.93. The van der Waals surface area contributed by atoms with Gasteiger partial charge in [0.25, 0.3) is 0 Å². The predicted octanol–water partition coefficient (Wildman–Crippen LogP) is 4.81. The summed E-state index contributed by atoms with van der Waals surface area (Å²) in [5, 5.41) is 0. The Hall–Kier alpha value is -1.18. The summed E-state index contributed by atoms with van der Waals surface area (Å²) in [5.41, 5.74) is 1.17. The van der Waals surface area contributed by atoms with Crippen LogP contribution in [-0.4, -0.2) is 13.2 Å². The van der Waals surface area contributed by atoms with Crippen molar-refractivity contribution in [1.82, 2.24) is 0 Å². The second-order valence-electron chi connectivity index (χ2n) is 4.74. The molecule has 0 aliphatic rings. The van der Waals surface area contributed by atoms with Crippen molar-refractivity contribution >= 4 is 0 Å². The Morgan fingerprint density at radius 1 is 0.947 bits per heavy atom. The monoisotopic (exact) mass is 263 g/mol. The second kappa shape index (κ2) is 9.71. The fourth-order valence-corrected chi connectivity index (χ4v) is 1.89. The normalized spacial score (nSPS) is 10.5. The zero-order valence-electron chi connectivity index (χ0n) is 12.4. The Bertz CT molecular complexity index is 319. The molecule has 0 heterocycles. The second-order valence-corrected chi connectivity index (χ2v) is 4.74. The van der Waals surface area contributed by atoms with Gasteiger partial charge in [0.05, 0.1) is 13.2 Å². The van der Waals surface area contributed by atoms with E-state index in [1.54, 1.807) is 0 Å². The van der Waals surface area contributed by atoms with Crippen molar-refractivity contribution in [3.8, 4) is 11.5 Å². The van der Waals surface area contributed by atoms with Crippen LogP contribution in [0.1, 0.15) is 51.5 Å². The van der Waals surface area contributed by atoms with Crippen molar-refractivity contribution in [1.29, 1.82) is 0 Å². The van der Waals surface area contributed by atoms with Crippen LogP contribution >= 0.6 is 0 Å². The van der Waals surface area contributed by atoms with Crippen LogP contribution in [0, 0.1) is 6.92 Å². The van der Waals surface area contributed by atoms with E-state index >= 15 is 0 Å². The van der Waals surface area contributed by atoms with Gasteiger partial charge in [-0.05, 0) is 37.8 Å². The molecule has 0 spiro atoms. The van der Waals surface area contributed by atoms with Crippen LogP contribution in [0.3, 0.4) is 0 Å². The summed E-state index contributed by atoms with van der Waals surface area (Å²) in [6.07, 6.45) is 6.24. The Kier molecular flexibility index (Phi) is 8.11. The van der Waals surface area contributed by atoms with E-state index < -0.39 is 0 Å². The molecule has 0 bridgehead atoms. The minimum atomic E-state index is 0.777. The van der Waals surface area contributed by atoms with Gasteiger partial charge in [0.15, 0.2) is 0 Å². The number of ether oxygens (including phenoxy) is 2. The first-order chi connectivity index (χ1) is 9.33. The fraction of sp³-hybridized carbons (Fsp3) is 0.588. The molecule has 1 radical (unpaired) electrons.